The zero-order valence-corrected chi connectivity index (χ0v) is 9.19. The van der Waals surface area contributed by atoms with E-state index in [-0.39, 0.29) is 5.78 Å². The minimum Gasteiger partial charge on any atom is -0.390 e. The number of thiophene rings is 1. The van der Waals surface area contributed by atoms with Crippen LogP contribution in [0.5, 0.6) is 0 Å². The quantitative estimate of drug-likeness (QED) is 0.760. The third-order valence-corrected chi connectivity index (χ3v) is 3.82. The molecule has 1 aliphatic carbocycles. The van der Waals surface area contributed by atoms with Gasteiger partial charge < -0.3 is 5.73 Å². The summed E-state index contributed by atoms with van der Waals surface area (Å²) in [6, 6.07) is 0. The van der Waals surface area contributed by atoms with Crippen LogP contribution in [0, 0.1) is 0 Å². The predicted molar refractivity (Wildman–Crippen MR) is 59.9 cm³/mol. The number of ketones is 1. The number of hydrogen-bond donors (Lipinski definition) is 1. The molecule has 2 rings (SSSR count). The molecule has 76 valence electrons. The van der Waals surface area contributed by atoms with Crippen molar-refractivity contribution >= 4 is 22.1 Å². The van der Waals surface area contributed by atoms with Crippen molar-refractivity contribution in [3.63, 3.8) is 0 Å². The predicted octanol–water partition coefficient (Wildman–Crippen LogP) is 3.19. The number of carbonyl (C=O) groups is 1. The van der Waals surface area contributed by atoms with Crippen molar-refractivity contribution in [2.24, 2.45) is 0 Å². The number of nitrogen functional groups attached to an aromatic ring is 1. The zero-order chi connectivity index (χ0) is 10.1. The van der Waals surface area contributed by atoms with Crippen LogP contribution >= 0.6 is 11.3 Å². The summed E-state index contributed by atoms with van der Waals surface area (Å²) in [5.74, 6) is 0.702. The first-order valence-corrected chi connectivity index (χ1v) is 5.96. The Morgan fingerprint density at radius 2 is 2.14 bits per heavy atom. The van der Waals surface area contributed by atoms with Crippen molar-refractivity contribution in [2.75, 3.05) is 5.73 Å². The summed E-state index contributed by atoms with van der Waals surface area (Å²) in [4.78, 5) is 11.4. The van der Waals surface area contributed by atoms with Gasteiger partial charge in [-0.25, -0.2) is 0 Å². The van der Waals surface area contributed by atoms with Gasteiger partial charge in [-0.05, 0) is 36.6 Å². The lowest BCUT2D eigenvalue weighted by Crippen LogP contribution is -2.02. The van der Waals surface area contributed by atoms with Gasteiger partial charge >= 0.3 is 0 Å². The molecule has 0 bridgehead atoms. The number of nitrogens with two attached hydrogens (primary N) is 1. The van der Waals surface area contributed by atoms with Gasteiger partial charge in [0.05, 0.1) is 10.6 Å². The van der Waals surface area contributed by atoms with Crippen LogP contribution in [0.25, 0.3) is 0 Å². The maximum atomic E-state index is 11.4. The minimum atomic E-state index is 0.116. The lowest BCUT2D eigenvalue weighted by atomic mass is 9.95. The molecular weight excluding hydrogens is 194 g/mol. The Morgan fingerprint density at radius 3 is 2.71 bits per heavy atom. The normalized spacial score (nSPS) is 17.5. The van der Waals surface area contributed by atoms with Gasteiger partial charge in [-0.3, -0.25) is 4.79 Å². The maximum Gasteiger partial charge on any atom is 0.163 e. The first kappa shape index (κ1) is 9.71. The second-order valence-electron chi connectivity index (χ2n) is 3.97. The topological polar surface area (TPSA) is 43.1 Å². The van der Waals surface area contributed by atoms with E-state index in [2.05, 4.69) is 5.38 Å². The van der Waals surface area contributed by atoms with Crippen molar-refractivity contribution < 1.29 is 4.79 Å². The standard InChI is InChI=1S/C11H15NOS/c1-7(13)10-9(6-14-11(10)12)8-4-2-3-5-8/h6,8H,2-5,12H2,1H3. The minimum absolute atomic E-state index is 0.116. The van der Waals surface area contributed by atoms with Crippen LogP contribution in [0.4, 0.5) is 5.00 Å². The molecule has 0 radical (unpaired) electrons. The molecular formula is C11H15NOS. The van der Waals surface area contributed by atoms with E-state index in [4.69, 9.17) is 5.73 Å². The highest BCUT2D eigenvalue weighted by atomic mass is 32.1. The molecule has 0 amide bonds. The Morgan fingerprint density at radius 1 is 1.50 bits per heavy atom. The second kappa shape index (κ2) is 3.73. The van der Waals surface area contributed by atoms with Gasteiger partial charge in [0.25, 0.3) is 0 Å². The van der Waals surface area contributed by atoms with Crippen LogP contribution in [-0.2, 0) is 0 Å². The second-order valence-corrected chi connectivity index (χ2v) is 4.88. The fourth-order valence-corrected chi connectivity index (χ4v) is 3.24. The van der Waals surface area contributed by atoms with Crippen molar-refractivity contribution in [3.05, 3.63) is 16.5 Å². The smallest absolute Gasteiger partial charge is 0.163 e. The summed E-state index contributed by atoms with van der Waals surface area (Å²) in [5, 5.41) is 2.77. The molecule has 2 nitrogen and oxygen atoms in total. The van der Waals surface area contributed by atoms with Crippen molar-refractivity contribution in [3.8, 4) is 0 Å². The summed E-state index contributed by atoms with van der Waals surface area (Å²) in [5.41, 5.74) is 7.81. The highest BCUT2D eigenvalue weighted by Crippen LogP contribution is 2.40. The Bertz CT molecular complexity index is 350. The van der Waals surface area contributed by atoms with Gasteiger partial charge in [-0.1, -0.05) is 12.8 Å². The van der Waals surface area contributed by atoms with Crippen LogP contribution in [0.1, 0.15) is 54.4 Å². The number of hydrogen-bond acceptors (Lipinski definition) is 3. The third-order valence-electron chi connectivity index (χ3n) is 2.99. The molecule has 3 heteroatoms. The van der Waals surface area contributed by atoms with Crippen LogP contribution in [0.3, 0.4) is 0 Å². The summed E-state index contributed by atoms with van der Waals surface area (Å²) in [6.45, 7) is 1.61. The van der Waals surface area contributed by atoms with E-state index in [1.54, 1.807) is 6.92 Å². The number of carbonyl (C=O) groups excluding carboxylic acids is 1. The molecule has 0 aliphatic heterocycles. The van der Waals surface area contributed by atoms with Gasteiger partial charge in [0, 0.05) is 0 Å². The summed E-state index contributed by atoms with van der Waals surface area (Å²) in [6.07, 6.45) is 5.02. The molecule has 0 unspecified atom stereocenters. The highest BCUT2D eigenvalue weighted by Gasteiger charge is 2.23. The molecule has 1 heterocycles. The number of Topliss-reactive ketones (excluding diaryl/α,β-unsaturated/α-hetero) is 1. The molecule has 1 saturated carbocycles. The van der Waals surface area contributed by atoms with Gasteiger partial charge in [0.2, 0.25) is 0 Å². The average Bonchev–Trinajstić information content (AvgIpc) is 2.70. The van der Waals surface area contributed by atoms with E-state index in [1.165, 1.54) is 42.6 Å². The monoisotopic (exact) mass is 209 g/mol. The zero-order valence-electron chi connectivity index (χ0n) is 8.38. The molecule has 2 N–H and O–H groups in total. The van der Waals surface area contributed by atoms with Gasteiger partial charge in [0.15, 0.2) is 5.78 Å². The molecule has 14 heavy (non-hydrogen) atoms. The largest absolute Gasteiger partial charge is 0.390 e. The molecule has 0 aromatic carbocycles. The lowest BCUT2D eigenvalue weighted by Gasteiger charge is -2.08. The number of rotatable bonds is 2. The molecule has 1 fully saturated rings. The van der Waals surface area contributed by atoms with Crippen LogP contribution in [0.15, 0.2) is 5.38 Å². The molecule has 1 aromatic rings. The maximum absolute atomic E-state index is 11.4. The molecule has 0 spiro atoms. The van der Waals surface area contributed by atoms with E-state index in [0.717, 1.165) is 5.56 Å². The Hall–Kier alpha value is -0.830. The van der Waals surface area contributed by atoms with Crippen LogP contribution < -0.4 is 5.73 Å². The highest BCUT2D eigenvalue weighted by molar-refractivity contribution is 7.14. The number of anilines is 1. The Balaban J connectivity index is 2.37. The first-order valence-electron chi connectivity index (χ1n) is 5.08. The van der Waals surface area contributed by atoms with Crippen molar-refractivity contribution in [2.45, 2.75) is 38.5 Å². The average molecular weight is 209 g/mol. The van der Waals surface area contributed by atoms with E-state index in [9.17, 15) is 4.79 Å². The van der Waals surface area contributed by atoms with E-state index < -0.39 is 0 Å². The molecule has 1 aromatic heterocycles. The molecule has 1 aliphatic rings. The van der Waals surface area contributed by atoms with Crippen LogP contribution in [0.2, 0.25) is 0 Å². The van der Waals surface area contributed by atoms with Crippen molar-refractivity contribution in [1.82, 2.24) is 0 Å². The molecule has 0 atom stereocenters. The summed E-state index contributed by atoms with van der Waals surface area (Å²) >= 11 is 1.50. The first-order chi connectivity index (χ1) is 6.70. The van der Waals surface area contributed by atoms with Gasteiger partial charge in [-0.2, -0.15) is 0 Å². The molecule has 0 saturated heterocycles. The summed E-state index contributed by atoms with van der Waals surface area (Å²) < 4.78 is 0. The van der Waals surface area contributed by atoms with Gasteiger partial charge in [-0.15, -0.1) is 11.3 Å². The lowest BCUT2D eigenvalue weighted by molar-refractivity contribution is 0.101. The SMILES string of the molecule is CC(=O)c1c(C2CCCC2)csc1N. The third kappa shape index (κ3) is 1.57. The Labute approximate surface area is 88.1 Å². The van der Waals surface area contributed by atoms with Crippen LogP contribution in [-0.4, -0.2) is 5.78 Å². The van der Waals surface area contributed by atoms with E-state index in [0.29, 0.717) is 10.9 Å². The van der Waals surface area contributed by atoms with E-state index >= 15 is 0 Å². The van der Waals surface area contributed by atoms with Gasteiger partial charge in [0.1, 0.15) is 0 Å². The Kier molecular flexibility index (Phi) is 2.59. The van der Waals surface area contributed by atoms with Crippen molar-refractivity contribution in [1.29, 1.82) is 0 Å². The fraction of sp³-hybridized carbons (Fsp3) is 0.545. The van der Waals surface area contributed by atoms with E-state index in [1.807, 2.05) is 0 Å². The summed E-state index contributed by atoms with van der Waals surface area (Å²) in [7, 11) is 0. The fourth-order valence-electron chi connectivity index (χ4n) is 2.30.